The zero-order valence-electron chi connectivity index (χ0n) is 18.1. The average molecular weight is 457 g/mol. The van der Waals surface area contributed by atoms with Crippen molar-refractivity contribution in [3.63, 3.8) is 0 Å². The first kappa shape index (κ1) is 22.4. The van der Waals surface area contributed by atoms with Gasteiger partial charge in [-0.2, -0.15) is 5.26 Å². The number of allylic oxidation sites excluding steroid dienone is 1. The van der Waals surface area contributed by atoms with E-state index in [1.165, 1.54) is 24.3 Å². The van der Waals surface area contributed by atoms with Crippen molar-refractivity contribution < 1.29 is 23.9 Å². The fraction of sp³-hybridized carbons (Fsp3) is 0.120. The molecule has 0 aromatic heterocycles. The van der Waals surface area contributed by atoms with Gasteiger partial charge < -0.3 is 19.9 Å². The van der Waals surface area contributed by atoms with Gasteiger partial charge in [0.2, 0.25) is 5.88 Å². The van der Waals surface area contributed by atoms with Crippen LogP contribution in [0.25, 0.3) is 0 Å². The van der Waals surface area contributed by atoms with Gasteiger partial charge in [-0.25, -0.2) is 4.79 Å². The predicted molar refractivity (Wildman–Crippen MR) is 121 cm³/mol. The molecule has 9 heteroatoms. The molecule has 1 aliphatic heterocycles. The molecule has 0 saturated heterocycles. The molecule has 1 atom stereocenters. The second-order valence-electron chi connectivity index (χ2n) is 7.32. The van der Waals surface area contributed by atoms with Gasteiger partial charge in [0.1, 0.15) is 28.9 Å². The Morgan fingerprint density at radius 3 is 2.56 bits per heavy atom. The normalized spacial score (nSPS) is 14.4. The van der Waals surface area contributed by atoms with Gasteiger partial charge in [-0.15, -0.1) is 0 Å². The van der Waals surface area contributed by atoms with Gasteiger partial charge in [0.05, 0.1) is 23.0 Å². The van der Waals surface area contributed by atoms with E-state index >= 15 is 0 Å². The first-order valence-corrected chi connectivity index (χ1v) is 10.3. The molecule has 1 aliphatic rings. The van der Waals surface area contributed by atoms with Crippen LogP contribution in [0.5, 0.6) is 17.2 Å². The number of carbonyl (C=O) groups excluding carboxylic acids is 1. The van der Waals surface area contributed by atoms with Crippen LogP contribution < -0.4 is 19.9 Å². The van der Waals surface area contributed by atoms with E-state index < -0.39 is 16.8 Å². The Morgan fingerprint density at radius 1 is 1.15 bits per heavy atom. The summed E-state index contributed by atoms with van der Waals surface area (Å²) in [4.78, 5) is 22.9. The van der Waals surface area contributed by atoms with Crippen molar-refractivity contribution in [2.75, 3.05) is 6.61 Å². The molecule has 3 aromatic rings. The number of non-ortho nitro benzene ring substituents is 1. The first-order valence-electron chi connectivity index (χ1n) is 10.3. The number of esters is 1. The van der Waals surface area contributed by atoms with E-state index in [0.29, 0.717) is 23.7 Å². The van der Waals surface area contributed by atoms with Gasteiger partial charge in [0, 0.05) is 23.8 Å². The van der Waals surface area contributed by atoms with E-state index in [2.05, 4.69) is 6.07 Å². The quantitative estimate of drug-likeness (QED) is 0.248. The number of fused-ring (bicyclic) bond motifs is 1. The van der Waals surface area contributed by atoms with Gasteiger partial charge >= 0.3 is 5.97 Å². The number of hydrogen-bond donors (Lipinski definition) is 1. The van der Waals surface area contributed by atoms with E-state index in [0.717, 1.165) is 11.6 Å². The summed E-state index contributed by atoms with van der Waals surface area (Å²) in [5, 5.41) is 20.7. The lowest BCUT2D eigenvalue weighted by Crippen LogP contribution is -2.21. The number of nitrogens with zero attached hydrogens (tertiary/aromatic N) is 2. The maximum atomic E-state index is 12.5. The molecular formula is C25H19N3O6. The SMILES string of the molecule is CCOc1ccc(C2C(C#N)=C(N)Oc3cc(OC(=O)c4cccc([N+](=O)[O-])c4)ccc32)cc1. The van der Waals surface area contributed by atoms with E-state index in [4.69, 9.17) is 19.9 Å². The summed E-state index contributed by atoms with van der Waals surface area (Å²) < 4.78 is 16.5. The van der Waals surface area contributed by atoms with Crippen molar-refractivity contribution in [1.29, 1.82) is 5.26 Å². The zero-order valence-corrected chi connectivity index (χ0v) is 18.1. The third-order valence-electron chi connectivity index (χ3n) is 5.22. The number of nitriles is 1. The second kappa shape index (κ2) is 9.34. The molecule has 1 unspecified atom stereocenters. The van der Waals surface area contributed by atoms with E-state index in [1.54, 1.807) is 12.1 Å². The third-order valence-corrected chi connectivity index (χ3v) is 5.22. The number of nitro benzene ring substituents is 1. The Kier molecular flexibility index (Phi) is 6.14. The van der Waals surface area contributed by atoms with Crippen LogP contribution in [0.2, 0.25) is 0 Å². The first-order chi connectivity index (χ1) is 16.4. The Hall–Kier alpha value is -4.84. The number of nitrogens with two attached hydrogens (primary N) is 1. The minimum Gasteiger partial charge on any atom is -0.494 e. The number of carbonyl (C=O) groups is 1. The summed E-state index contributed by atoms with van der Waals surface area (Å²) in [5.74, 6) is -0.0863. The molecule has 4 rings (SSSR count). The summed E-state index contributed by atoms with van der Waals surface area (Å²) in [5.41, 5.74) is 7.60. The average Bonchev–Trinajstić information content (AvgIpc) is 2.84. The highest BCUT2D eigenvalue weighted by Gasteiger charge is 2.31. The van der Waals surface area contributed by atoms with Gasteiger partial charge in [0.25, 0.3) is 5.69 Å². The maximum Gasteiger partial charge on any atom is 0.343 e. The predicted octanol–water partition coefficient (Wildman–Crippen LogP) is 4.43. The molecule has 0 bridgehead atoms. The van der Waals surface area contributed by atoms with Crippen molar-refractivity contribution in [2.45, 2.75) is 12.8 Å². The van der Waals surface area contributed by atoms with Crippen molar-refractivity contribution in [2.24, 2.45) is 5.73 Å². The van der Waals surface area contributed by atoms with Gasteiger partial charge in [0.15, 0.2) is 0 Å². The molecule has 9 nitrogen and oxygen atoms in total. The van der Waals surface area contributed by atoms with Crippen LogP contribution in [-0.2, 0) is 0 Å². The molecule has 0 fully saturated rings. The largest absolute Gasteiger partial charge is 0.494 e. The second-order valence-corrected chi connectivity index (χ2v) is 7.32. The Bertz CT molecular complexity index is 1340. The van der Waals surface area contributed by atoms with Crippen LogP contribution in [-0.4, -0.2) is 17.5 Å². The van der Waals surface area contributed by atoms with Crippen LogP contribution in [0.15, 0.2) is 78.2 Å². The molecule has 2 N–H and O–H groups in total. The maximum absolute atomic E-state index is 12.5. The van der Waals surface area contributed by atoms with Crippen molar-refractivity contribution in [1.82, 2.24) is 0 Å². The van der Waals surface area contributed by atoms with E-state index in [1.807, 2.05) is 31.2 Å². The van der Waals surface area contributed by atoms with Gasteiger partial charge in [-0.1, -0.05) is 24.3 Å². The molecular weight excluding hydrogens is 438 g/mol. The standard InChI is InChI=1S/C25H19N3O6/c1-2-32-18-8-6-15(7-9-18)23-20-11-10-19(13-22(20)34-24(27)21(23)14-26)33-25(29)16-4-3-5-17(12-16)28(30)31/h3-13,23H,2,27H2,1H3. The van der Waals surface area contributed by atoms with Crippen LogP contribution in [0.3, 0.4) is 0 Å². The minimum atomic E-state index is -0.760. The van der Waals surface area contributed by atoms with Crippen molar-refractivity contribution in [3.05, 3.63) is 105 Å². The summed E-state index contributed by atoms with van der Waals surface area (Å²) in [6.07, 6.45) is 0. The molecule has 0 spiro atoms. The molecule has 1 heterocycles. The van der Waals surface area contributed by atoms with Gasteiger partial charge in [-0.3, -0.25) is 10.1 Å². The molecule has 0 saturated carbocycles. The lowest BCUT2D eigenvalue weighted by atomic mass is 9.83. The van der Waals surface area contributed by atoms with Gasteiger partial charge in [-0.05, 0) is 36.8 Å². The Morgan fingerprint density at radius 2 is 1.88 bits per heavy atom. The van der Waals surface area contributed by atoms with Crippen LogP contribution >= 0.6 is 0 Å². The fourth-order valence-electron chi connectivity index (χ4n) is 3.68. The summed E-state index contributed by atoms with van der Waals surface area (Å²) >= 11 is 0. The van der Waals surface area contributed by atoms with E-state index in [9.17, 15) is 20.2 Å². The third kappa shape index (κ3) is 4.38. The molecule has 170 valence electrons. The molecule has 0 aliphatic carbocycles. The summed E-state index contributed by atoms with van der Waals surface area (Å²) in [7, 11) is 0. The highest BCUT2D eigenvalue weighted by atomic mass is 16.6. The number of benzene rings is 3. The number of rotatable bonds is 6. The zero-order chi connectivity index (χ0) is 24.2. The van der Waals surface area contributed by atoms with Crippen LogP contribution in [0.1, 0.15) is 34.3 Å². The van der Waals surface area contributed by atoms with Crippen LogP contribution in [0, 0.1) is 21.4 Å². The van der Waals surface area contributed by atoms with E-state index in [-0.39, 0.29) is 28.5 Å². The molecule has 0 radical (unpaired) electrons. The minimum absolute atomic E-state index is 0.0336. The number of hydrogen-bond acceptors (Lipinski definition) is 8. The Labute approximate surface area is 194 Å². The molecule has 3 aromatic carbocycles. The lowest BCUT2D eigenvalue weighted by Gasteiger charge is -2.26. The van der Waals surface area contributed by atoms with Crippen LogP contribution in [0.4, 0.5) is 5.69 Å². The topological polar surface area (TPSA) is 138 Å². The van der Waals surface area contributed by atoms with Crippen molar-refractivity contribution in [3.8, 4) is 23.3 Å². The fourth-order valence-corrected chi connectivity index (χ4v) is 3.68. The highest BCUT2D eigenvalue weighted by Crippen LogP contribution is 2.43. The lowest BCUT2D eigenvalue weighted by molar-refractivity contribution is -0.384. The summed E-state index contributed by atoms with van der Waals surface area (Å²) in [6.45, 7) is 2.43. The monoisotopic (exact) mass is 457 g/mol. The van der Waals surface area contributed by atoms with Crippen molar-refractivity contribution >= 4 is 11.7 Å². The highest BCUT2D eigenvalue weighted by molar-refractivity contribution is 5.91. The number of ether oxygens (including phenoxy) is 3. The summed E-state index contributed by atoms with van der Waals surface area (Å²) in [6, 6.07) is 19.5. The number of nitro groups is 1. The smallest absolute Gasteiger partial charge is 0.343 e. The molecule has 0 amide bonds. The molecule has 34 heavy (non-hydrogen) atoms. The Balaban J connectivity index is 1.65.